The van der Waals surface area contributed by atoms with Crippen LogP contribution in [0, 0.1) is 10.1 Å². The minimum absolute atomic E-state index is 0.0240. The summed E-state index contributed by atoms with van der Waals surface area (Å²) in [6.45, 7) is 3.87. The lowest BCUT2D eigenvalue weighted by Crippen LogP contribution is -2.31. The van der Waals surface area contributed by atoms with E-state index in [1.165, 1.54) is 12.1 Å². The number of nitro groups is 1. The number of benzene rings is 1. The maximum atomic E-state index is 11.5. The van der Waals surface area contributed by atoms with Gasteiger partial charge in [0.15, 0.2) is 9.84 Å². The van der Waals surface area contributed by atoms with Gasteiger partial charge in [-0.1, -0.05) is 0 Å². The second-order valence-corrected chi connectivity index (χ2v) is 7.12. The molecule has 1 aromatic rings. The normalized spacial score (nSPS) is 11.3. The average Bonchev–Trinajstić information content (AvgIpc) is 2.36. The van der Waals surface area contributed by atoms with E-state index in [1.54, 1.807) is 0 Å². The quantitative estimate of drug-likeness (QED) is 0.575. The number of carbonyl (C=O) groups excluding carboxylic acids is 1. The summed E-state index contributed by atoms with van der Waals surface area (Å²) in [5, 5.41) is 16.5. The van der Waals surface area contributed by atoms with Gasteiger partial charge in [0.25, 0.3) is 5.69 Å². The van der Waals surface area contributed by atoms with Crippen LogP contribution in [0.15, 0.2) is 23.1 Å². The fraction of sp³-hybridized carbons (Fsp3) is 0.462. The van der Waals surface area contributed by atoms with Gasteiger partial charge in [-0.2, -0.15) is 0 Å². The van der Waals surface area contributed by atoms with Crippen LogP contribution in [0.25, 0.3) is 0 Å². The van der Waals surface area contributed by atoms with Crippen LogP contribution in [0.5, 0.6) is 0 Å². The number of nitrogens with one attached hydrogen (secondary N) is 2. The Bertz CT molecular complexity index is 670. The van der Waals surface area contributed by atoms with Gasteiger partial charge in [-0.15, -0.1) is 0 Å². The second-order valence-electron chi connectivity index (χ2n) is 5.11. The zero-order valence-electron chi connectivity index (χ0n) is 12.6. The van der Waals surface area contributed by atoms with E-state index < -0.39 is 14.8 Å². The third-order valence-corrected chi connectivity index (χ3v) is 3.82. The molecule has 122 valence electrons. The van der Waals surface area contributed by atoms with E-state index >= 15 is 0 Å². The average molecular weight is 329 g/mol. The van der Waals surface area contributed by atoms with E-state index in [0.29, 0.717) is 0 Å². The van der Waals surface area contributed by atoms with Crippen LogP contribution in [0.4, 0.5) is 11.4 Å². The molecule has 2 N–H and O–H groups in total. The van der Waals surface area contributed by atoms with Crippen LogP contribution >= 0.6 is 0 Å². The van der Waals surface area contributed by atoms with E-state index in [-0.39, 0.29) is 41.2 Å². The first-order chi connectivity index (χ1) is 10.1. The van der Waals surface area contributed by atoms with Crippen molar-refractivity contribution >= 4 is 27.1 Å². The Morgan fingerprint density at radius 2 is 2.00 bits per heavy atom. The van der Waals surface area contributed by atoms with Crippen molar-refractivity contribution in [1.29, 1.82) is 0 Å². The van der Waals surface area contributed by atoms with E-state index in [9.17, 15) is 23.3 Å². The SMILES string of the molecule is CC(C)NC(=O)CCNc1ccc(S(C)(=O)=O)cc1[N+](=O)[O-]. The highest BCUT2D eigenvalue weighted by molar-refractivity contribution is 7.90. The Balaban J connectivity index is 2.83. The summed E-state index contributed by atoms with van der Waals surface area (Å²) in [4.78, 5) is 21.7. The zero-order chi connectivity index (χ0) is 16.9. The first-order valence-corrected chi connectivity index (χ1v) is 8.52. The van der Waals surface area contributed by atoms with Gasteiger partial charge in [0, 0.05) is 31.3 Å². The van der Waals surface area contributed by atoms with Crippen molar-refractivity contribution in [2.24, 2.45) is 0 Å². The smallest absolute Gasteiger partial charge is 0.293 e. The summed E-state index contributed by atoms with van der Waals surface area (Å²) in [5.41, 5.74) is -0.165. The maximum Gasteiger partial charge on any atom is 0.293 e. The summed E-state index contributed by atoms with van der Waals surface area (Å²) >= 11 is 0. The summed E-state index contributed by atoms with van der Waals surface area (Å²) < 4.78 is 22.9. The van der Waals surface area contributed by atoms with Crippen LogP contribution < -0.4 is 10.6 Å². The fourth-order valence-electron chi connectivity index (χ4n) is 1.75. The number of hydrogen-bond donors (Lipinski definition) is 2. The summed E-state index contributed by atoms with van der Waals surface area (Å²) in [6.07, 6.45) is 1.14. The number of amides is 1. The molecule has 0 heterocycles. The molecular weight excluding hydrogens is 310 g/mol. The molecule has 0 saturated carbocycles. The lowest BCUT2D eigenvalue weighted by molar-refractivity contribution is -0.384. The van der Waals surface area contributed by atoms with Gasteiger partial charge < -0.3 is 10.6 Å². The molecule has 8 nitrogen and oxygen atoms in total. The molecule has 0 aliphatic heterocycles. The van der Waals surface area contributed by atoms with Crippen molar-refractivity contribution in [1.82, 2.24) is 5.32 Å². The molecule has 9 heteroatoms. The number of sulfone groups is 1. The zero-order valence-corrected chi connectivity index (χ0v) is 13.4. The third-order valence-electron chi connectivity index (χ3n) is 2.71. The van der Waals surface area contributed by atoms with E-state index in [4.69, 9.17) is 0 Å². The van der Waals surface area contributed by atoms with Crippen molar-refractivity contribution in [3.8, 4) is 0 Å². The lowest BCUT2D eigenvalue weighted by Gasteiger charge is -2.10. The highest BCUT2D eigenvalue weighted by Crippen LogP contribution is 2.27. The van der Waals surface area contributed by atoms with Crippen LogP contribution in [0.1, 0.15) is 20.3 Å². The molecule has 0 saturated heterocycles. The lowest BCUT2D eigenvalue weighted by atomic mass is 10.2. The van der Waals surface area contributed by atoms with Gasteiger partial charge in [0.05, 0.1) is 9.82 Å². The van der Waals surface area contributed by atoms with Crippen LogP contribution in [0.2, 0.25) is 0 Å². The monoisotopic (exact) mass is 329 g/mol. The summed E-state index contributed by atoms with van der Waals surface area (Å²) in [7, 11) is -3.52. The predicted molar refractivity (Wildman–Crippen MR) is 82.6 cm³/mol. The number of rotatable bonds is 7. The Hall–Kier alpha value is -2.16. The van der Waals surface area contributed by atoms with Crippen molar-refractivity contribution in [3.05, 3.63) is 28.3 Å². The molecule has 1 rings (SSSR count). The molecule has 0 radical (unpaired) electrons. The number of nitrogens with zero attached hydrogens (tertiary/aromatic N) is 1. The van der Waals surface area contributed by atoms with Crippen molar-refractivity contribution < 1.29 is 18.1 Å². The molecule has 0 spiro atoms. The van der Waals surface area contributed by atoms with Crippen molar-refractivity contribution in [3.63, 3.8) is 0 Å². The number of hydrogen-bond acceptors (Lipinski definition) is 6. The Morgan fingerprint density at radius 1 is 1.36 bits per heavy atom. The molecule has 0 unspecified atom stereocenters. The van der Waals surface area contributed by atoms with Crippen LogP contribution in [-0.4, -0.2) is 38.1 Å². The van der Waals surface area contributed by atoms with E-state index in [2.05, 4.69) is 10.6 Å². The molecular formula is C13H19N3O5S. The van der Waals surface area contributed by atoms with Gasteiger partial charge in [-0.05, 0) is 26.0 Å². The number of anilines is 1. The molecule has 1 aromatic carbocycles. The second kappa shape index (κ2) is 7.21. The van der Waals surface area contributed by atoms with Crippen molar-refractivity contribution in [2.45, 2.75) is 31.2 Å². The minimum Gasteiger partial charge on any atom is -0.379 e. The Morgan fingerprint density at radius 3 is 2.50 bits per heavy atom. The predicted octanol–water partition coefficient (Wildman–Crippen LogP) is 1.32. The number of nitro benzene ring substituents is 1. The third kappa shape index (κ3) is 5.32. The van der Waals surface area contributed by atoms with Gasteiger partial charge >= 0.3 is 0 Å². The van der Waals surface area contributed by atoms with Gasteiger partial charge in [0.1, 0.15) is 5.69 Å². The van der Waals surface area contributed by atoms with Crippen LogP contribution in [-0.2, 0) is 14.6 Å². The minimum atomic E-state index is -3.52. The van der Waals surface area contributed by atoms with E-state index in [1.807, 2.05) is 13.8 Å². The molecule has 0 aliphatic rings. The molecule has 1 amide bonds. The first-order valence-electron chi connectivity index (χ1n) is 6.63. The van der Waals surface area contributed by atoms with Gasteiger partial charge in [-0.25, -0.2) is 8.42 Å². The summed E-state index contributed by atoms with van der Waals surface area (Å²) in [5.74, 6) is -0.169. The largest absolute Gasteiger partial charge is 0.379 e. The fourth-order valence-corrected chi connectivity index (χ4v) is 2.39. The topological polar surface area (TPSA) is 118 Å². The highest BCUT2D eigenvalue weighted by Gasteiger charge is 2.18. The molecule has 0 fully saturated rings. The summed E-state index contributed by atoms with van der Waals surface area (Å²) in [6, 6.07) is 3.65. The Labute approximate surface area is 129 Å². The molecule has 0 bridgehead atoms. The molecule has 0 atom stereocenters. The van der Waals surface area contributed by atoms with Gasteiger partial charge in [0.2, 0.25) is 5.91 Å². The van der Waals surface area contributed by atoms with Gasteiger partial charge in [-0.3, -0.25) is 14.9 Å². The number of carbonyl (C=O) groups is 1. The first kappa shape index (κ1) is 17.9. The van der Waals surface area contributed by atoms with E-state index in [0.717, 1.165) is 12.3 Å². The maximum absolute atomic E-state index is 11.5. The standard InChI is InChI=1S/C13H19N3O5S/c1-9(2)15-13(17)6-7-14-11-5-4-10(22(3,20)21)8-12(11)16(18)19/h4-5,8-9,14H,6-7H2,1-3H3,(H,15,17). The Kier molecular flexibility index (Phi) is 5.86. The van der Waals surface area contributed by atoms with Crippen molar-refractivity contribution in [2.75, 3.05) is 18.1 Å². The molecule has 22 heavy (non-hydrogen) atoms. The van der Waals surface area contributed by atoms with Crippen LogP contribution in [0.3, 0.4) is 0 Å². The molecule has 0 aromatic heterocycles. The molecule has 0 aliphatic carbocycles. The highest BCUT2D eigenvalue weighted by atomic mass is 32.2.